The molecule has 0 spiro atoms. The molecule has 1 aliphatic rings. The van der Waals surface area contributed by atoms with Gasteiger partial charge in [-0.05, 0) is 0 Å². The molecule has 9 nitrogen and oxygen atoms in total. The fraction of sp³-hybridized carbons (Fsp3) is 0.407. The summed E-state index contributed by atoms with van der Waals surface area (Å²) in [5.74, 6) is -2.30. The van der Waals surface area contributed by atoms with Gasteiger partial charge in [-0.1, -0.05) is 0 Å². The van der Waals surface area contributed by atoms with Crippen molar-refractivity contribution in [3.63, 3.8) is 0 Å². The molecule has 2 aromatic carbocycles. The van der Waals surface area contributed by atoms with Crippen LogP contribution in [-0.2, 0) is 29.3 Å². The summed E-state index contributed by atoms with van der Waals surface area (Å²) in [4.78, 5) is 49.5. The van der Waals surface area contributed by atoms with E-state index in [2.05, 4.69) is 5.32 Å². The van der Waals surface area contributed by atoms with Gasteiger partial charge in [-0.2, -0.15) is 0 Å². The first kappa shape index (κ1) is 28.4. The second-order valence-electron chi connectivity index (χ2n) is 9.27. The minimum atomic E-state index is -2.16. The number of carbonyl (C=O) groups is 4. The van der Waals surface area contributed by atoms with Crippen LogP contribution in [-0.4, -0.2) is 59.5 Å². The van der Waals surface area contributed by atoms with Crippen molar-refractivity contribution in [1.82, 2.24) is 5.32 Å². The van der Waals surface area contributed by atoms with Crippen LogP contribution >= 0.6 is 19.8 Å². The summed E-state index contributed by atoms with van der Waals surface area (Å²) in [5, 5.41) is 30.7. The molecule has 0 atom stereocenters. The van der Waals surface area contributed by atoms with Crippen LogP contribution in [0, 0.1) is 5.41 Å². The minimum absolute atomic E-state index is 0.143. The Kier molecular flexibility index (Phi) is 9.16. The molecular formula is C27H32INO8. The number of amides is 1. The number of carboxylic acid groups (broad SMARTS) is 1. The Bertz CT molecular complexity index is 1090. The molecule has 2 aromatic rings. The molecule has 0 aromatic heterocycles. The van der Waals surface area contributed by atoms with Crippen molar-refractivity contribution in [1.29, 1.82) is 0 Å². The van der Waals surface area contributed by atoms with Crippen molar-refractivity contribution in [2.75, 3.05) is 22.5 Å². The number of alkyl halides is 2. The third kappa shape index (κ3) is 6.41. The third-order valence-electron chi connectivity index (χ3n) is 7.04. The first-order chi connectivity index (χ1) is 17.5. The Balaban J connectivity index is 1.73. The maximum absolute atomic E-state index is 13.3. The van der Waals surface area contributed by atoms with Crippen molar-refractivity contribution in [3.05, 3.63) is 59.7 Å². The van der Waals surface area contributed by atoms with Gasteiger partial charge in [0, 0.05) is 0 Å². The summed E-state index contributed by atoms with van der Waals surface area (Å²) in [7, 11) is 1.19. The number of hydrogen-bond donors (Lipinski definition) is 4. The molecule has 1 saturated heterocycles. The topological polar surface area (TPSA) is 150 Å². The summed E-state index contributed by atoms with van der Waals surface area (Å²) in [6, 6.07) is 13.7. The van der Waals surface area contributed by atoms with Gasteiger partial charge in [0.25, 0.3) is 0 Å². The number of methoxy groups -OCH3 is 1. The first-order valence-electron chi connectivity index (χ1n) is 11.8. The van der Waals surface area contributed by atoms with E-state index < -0.39 is 55.0 Å². The van der Waals surface area contributed by atoms with Gasteiger partial charge in [0.2, 0.25) is 0 Å². The zero-order valence-corrected chi connectivity index (χ0v) is 23.0. The van der Waals surface area contributed by atoms with Gasteiger partial charge >= 0.3 is 223 Å². The number of carboxylic acids is 1. The quantitative estimate of drug-likeness (QED) is 0.103. The second kappa shape index (κ2) is 11.9. The Morgan fingerprint density at radius 2 is 1.43 bits per heavy atom. The van der Waals surface area contributed by atoms with E-state index in [0.29, 0.717) is 21.7 Å². The number of carbonyl (C=O) groups excluding carboxylic acids is 3. The summed E-state index contributed by atoms with van der Waals surface area (Å²) < 4.78 is 5.98. The Labute approximate surface area is 222 Å². The molecule has 0 aliphatic carbocycles. The molecule has 1 fully saturated rings. The van der Waals surface area contributed by atoms with Crippen LogP contribution in [0.1, 0.15) is 43.7 Å². The molecule has 1 heterocycles. The van der Waals surface area contributed by atoms with E-state index in [-0.39, 0.29) is 28.1 Å². The summed E-state index contributed by atoms with van der Waals surface area (Å²) in [6.07, 6.45) is 1.15. The number of phenolic OH excluding ortho intramolecular Hbond substituents is 2. The molecule has 3 rings (SSSR count). The normalized spacial score (nSPS) is 16.0. The first-order valence-corrected chi connectivity index (χ1v) is 16.0. The van der Waals surface area contributed by atoms with Crippen LogP contribution in [0.5, 0.6) is 11.5 Å². The number of nitrogens with one attached hydrogen (secondary N) is 1. The van der Waals surface area contributed by atoms with Crippen LogP contribution in [0.25, 0.3) is 0 Å². The number of phenols is 2. The molecule has 0 bridgehead atoms. The number of benzene rings is 2. The van der Waals surface area contributed by atoms with Crippen LogP contribution in [0.2, 0.25) is 0 Å². The zero-order valence-electron chi connectivity index (χ0n) is 20.8. The average molecular weight is 625 g/mol. The molecule has 37 heavy (non-hydrogen) atoms. The molecule has 1 aliphatic heterocycles. The second-order valence-corrected chi connectivity index (χ2v) is 15.2. The van der Waals surface area contributed by atoms with Crippen LogP contribution in [0.15, 0.2) is 48.5 Å². The number of halogens is 1. The van der Waals surface area contributed by atoms with Gasteiger partial charge in [-0.25, -0.2) is 0 Å². The average Bonchev–Trinajstić information content (AvgIpc) is 2.90. The van der Waals surface area contributed by atoms with E-state index in [1.807, 2.05) is 31.2 Å². The van der Waals surface area contributed by atoms with E-state index in [1.165, 1.54) is 7.11 Å². The van der Waals surface area contributed by atoms with E-state index >= 15 is 0 Å². The van der Waals surface area contributed by atoms with Gasteiger partial charge < -0.3 is 0 Å². The molecule has 0 unspecified atom stereocenters. The molecule has 0 saturated carbocycles. The molecule has 1 amide bonds. The number of hydrogen-bond acceptors (Lipinski definition) is 7. The predicted molar refractivity (Wildman–Crippen MR) is 145 cm³/mol. The van der Waals surface area contributed by atoms with E-state index in [4.69, 9.17) is 9.84 Å². The fourth-order valence-electron chi connectivity index (χ4n) is 4.62. The van der Waals surface area contributed by atoms with Crippen LogP contribution in [0.4, 0.5) is 0 Å². The predicted octanol–water partition coefficient (Wildman–Crippen LogP) is 3.37. The van der Waals surface area contributed by atoms with Crippen LogP contribution < -0.4 is 5.32 Å². The molecule has 4 N–H and O–H groups in total. The number of aromatic hydroxyl groups is 2. The van der Waals surface area contributed by atoms with Gasteiger partial charge in [0.15, 0.2) is 0 Å². The van der Waals surface area contributed by atoms with Crippen molar-refractivity contribution in [2.45, 2.75) is 38.0 Å². The van der Waals surface area contributed by atoms with Gasteiger partial charge in [0.1, 0.15) is 0 Å². The van der Waals surface area contributed by atoms with Gasteiger partial charge in [-0.15, -0.1) is 0 Å². The van der Waals surface area contributed by atoms with Crippen molar-refractivity contribution < 1.29 is 39.2 Å². The number of aliphatic carboxylic acids is 1. The fourth-order valence-corrected chi connectivity index (χ4v) is 10.5. The summed E-state index contributed by atoms with van der Waals surface area (Å²) in [5.41, 5.74) is -0.160. The molecule has 200 valence electrons. The third-order valence-corrected chi connectivity index (χ3v) is 13.0. The Morgan fingerprint density at radius 1 is 0.946 bits per heavy atom. The van der Waals surface area contributed by atoms with Crippen molar-refractivity contribution >= 4 is 41.5 Å². The SMILES string of the molecule is COC(=O)C1(C(=O)NCC(=O)O)CCI(C(=O)CCC(C)(c2ccc(O)cc2)c2ccc(O)cc2)CC1. The number of esters is 1. The molecular weight excluding hydrogens is 593 g/mol. The molecule has 0 radical (unpaired) electrons. The van der Waals surface area contributed by atoms with Crippen molar-refractivity contribution in [3.8, 4) is 11.5 Å². The number of ether oxygens (including phenoxy) is 1. The maximum atomic E-state index is 13.3. The van der Waals surface area contributed by atoms with E-state index in [1.54, 1.807) is 24.3 Å². The van der Waals surface area contributed by atoms with Gasteiger partial charge in [0.05, 0.1) is 0 Å². The van der Waals surface area contributed by atoms with Crippen molar-refractivity contribution in [2.24, 2.45) is 5.41 Å². The molecule has 10 heteroatoms. The Hall–Kier alpha value is -3.15. The van der Waals surface area contributed by atoms with E-state index in [0.717, 1.165) is 11.1 Å². The monoisotopic (exact) mass is 625 g/mol. The van der Waals surface area contributed by atoms with E-state index in [9.17, 15) is 29.4 Å². The standard InChI is InChI=1S/C27H32INO8/c1-26(18-3-7-20(30)8-4-18,19-5-9-21(31)10-6-19)12-11-22(32)28-15-13-27(14-16-28,25(36)37-2)24(35)29-17-23(33)34/h3-10,30-31H,11-17H2,1-2H3,(H,29,35)(H,33,34). The Morgan fingerprint density at radius 3 is 1.86 bits per heavy atom. The zero-order chi connectivity index (χ0) is 27.2. The number of rotatable bonds is 10. The van der Waals surface area contributed by atoms with Crippen LogP contribution in [0.3, 0.4) is 0 Å². The van der Waals surface area contributed by atoms with Gasteiger partial charge in [-0.3, -0.25) is 0 Å². The summed E-state index contributed by atoms with van der Waals surface area (Å²) >= 11 is -2.16. The summed E-state index contributed by atoms with van der Waals surface area (Å²) in [6.45, 7) is 1.43.